The van der Waals surface area contributed by atoms with E-state index >= 15 is 0 Å². The lowest BCUT2D eigenvalue weighted by Crippen LogP contribution is -2.12. The summed E-state index contributed by atoms with van der Waals surface area (Å²) < 4.78 is 15.7. The summed E-state index contributed by atoms with van der Waals surface area (Å²) in [6, 6.07) is 12.9. The maximum absolute atomic E-state index is 13.9. The van der Waals surface area contributed by atoms with Crippen LogP contribution in [0.2, 0.25) is 0 Å². The van der Waals surface area contributed by atoms with Gasteiger partial charge in [0.2, 0.25) is 4.80 Å². The minimum atomic E-state index is -0.301. The van der Waals surface area contributed by atoms with Crippen LogP contribution in [0.4, 0.5) is 4.39 Å². The van der Waals surface area contributed by atoms with Crippen molar-refractivity contribution < 1.29 is 4.39 Å². The zero-order valence-corrected chi connectivity index (χ0v) is 15.6. The van der Waals surface area contributed by atoms with E-state index in [-0.39, 0.29) is 5.82 Å². The maximum atomic E-state index is 13.9. The predicted molar refractivity (Wildman–Crippen MR) is 107 cm³/mol. The molecule has 0 atom stereocenters. The molecular weight excluding hydrogens is 345 g/mol. The van der Waals surface area contributed by atoms with Crippen LogP contribution in [-0.2, 0) is 0 Å². The fraction of sp³-hybridized carbons (Fsp3) is 0.143. The van der Waals surface area contributed by atoms with Crippen molar-refractivity contribution in [3.05, 3.63) is 87.8 Å². The Morgan fingerprint density at radius 1 is 1.15 bits per heavy atom. The van der Waals surface area contributed by atoms with Gasteiger partial charge in [-0.05, 0) is 37.1 Å². The largest absolute Gasteiger partial charge is 0.253 e. The molecule has 1 aromatic heterocycles. The number of aromatic nitrogens is 1. The van der Waals surface area contributed by atoms with Gasteiger partial charge in [0.05, 0.1) is 18.5 Å². The monoisotopic (exact) mass is 365 g/mol. The van der Waals surface area contributed by atoms with Crippen molar-refractivity contribution >= 4 is 17.6 Å². The van der Waals surface area contributed by atoms with Crippen molar-refractivity contribution in [1.82, 2.24) is 4.68 Å². The lowest BCUT2D eigenvalue weighted by atomic mass is 10.1. The number of aryl methyl sites for hydroxylation is 2. The van der Waals surface area contributed by atoms with Gasteiger partial charge in [-0.2, -0.15) is 5.10 Å². The first-order chi connectivity index (χ1) is 12.6. The summed E-state index contributed by atoms with van der Waals surface area (Å²) in [5.41, 5.74) is 4.86. The van der Waals surface area contributed by atoms with Crippen LogP contribution in [0.1, 0.15) is 16.7 Å². The lowest BCUT2D eigenvalue weighted by molar-refractivity contribution is 0.625. The molecule has 0 amide bonds. The van der Waals surface area contributed by atoms with Crippen molar-refractivity contribution in [3.8, 4) is 11.3 Å². The Morgan fingerprint density at radius 2 is 1.96 bits per heavy atom. The average Bonchev–Trinajstić information content (AvgIpc) is 3.04. The molecule has 132 valence electrons. The van der Waals surface area contributed by atoms with Crippen molar-refractivity contribution in [3.63, 3.8) is 0 Å². The zero-order valence-electron chi connectivity index (χ0n) is 14.8. The Morgan fingerprint density at radius 3 is 2.69 bits per heavy atom. The smallest absolute Gasteiger partial charge is 0.206 e. The number of hydrogen-bond acceptors (Lipinski definition) is 3. The first-order valence-electron chi connectivity index (χ1n) is 8.28. The van der Waals surface area contributed by atoms with E-state index in [1.54, 1.807) is 29.0 Å². The molecule has 0 unspecified atom stereocenters. The molecule has 5 heteroatoms. The molecule has 1 heterocycles. The lowest BCUT2D eigenvalue weighted by Gasteiger charge is -2.06. The van der Waals surface area contributed by atoms with E-state index in [2.05, 4.69) is 48.7 Å². The molecule has 0 bridgehead atoms. The second-order valence-electron chi connectivity index (χ2n) is 5.91. The second kappa shape index (κ2) is 8.06. The summed E-state index contributed by atoms with van der Waals surface area (Å²) in [5, 5.41) is 6.53. The van der Waals surface area contributed by atoms with Crippen LogP contribution in [0.3, 0.4) is 0 Å². The van der Waals surface area contributed by atoms with Crippen LogP contribution in [0.15, 0.2) is 70.6 Å². The molecule has 0 aliphatic heterocycles. The molecule has 3 aromatic rings. The van der Waals surface area contributed by atoms with Gasteiger partial charge < -0.3 is 0 Å². The number of benzene rings is 2. The fourth-order valence-corrected chi connectivity index (χ4v) is 3.31. The van der Waals surface area contributed by atoms with Crippen LogP contribution in [0.5, 0.6) is 0 Å². The number of nitrogens with zero attached hydrogens (tertiary/aromatic N) is 3. The highest BCUT2D eigenvalue weighted by atomic mass is 32.1. The van der Waals surface area contributed by atoms with E-state index in [1.807, 2.05) is 5.38 Å². The third kappa shape index (κ3) is 3.89. The number of halogens is 1. The predicted octanol–water partition coefficient (Wildman–Crippen LogP) is 4.94. The summed E-state index contributed by atoms with van der Waals surface area (Å²) in [7, 11) is 0. The van der Waals surface area contributed by atoms with Crippen LogP contribution in [0, 0.1) is 19.7 Å². The van der Waals surface area contributed by atoms with Gasteiger partial charge in [0.25, 0.3) is 0 Å². The zero-order chi connectivity index (χ0) is 18.5. The Bertz CT molecular complexity index is 1030. The summed E-state index contributed by atoms with van der Waals surface area (Å²) in [6.45, 7) is 8.38. The summed E-state index contributed by atoms with van der Waals surface area (Å²) >= 11 is 1.50. The Hall–Kier alpha value is -2.79. The SMILES string of the molecule is C=CCN=c1scc(-c2ccc(C)c(C)c2)n1/N=C/c1ccccc1F. The minimum Gasteiger partial charge on any atom is -0.253 e. The maximum Gasteiger partial charge on any atom is 0.206 e. The summed E-state index contributed by atoms with van der Waals surface area (Å²) in [5.74, 6) is -0.301. The van der Waals surface area contributed by atoms with Crippen molar-refractivity contribution in [2.75, 3.05) is 6.54 Å². The van der Waals surface area contributed by atoms with E-state index in [0.717, 1.165) is 16.1 Å². The van der Waals surface area contributed by atoms with Gasteiger partial charge in [-0.1, -0.05) is 36.4 Å². The van der Waals surface area contributed by atoms with Gasteiger partial charge in [0.15, 0.2) is 0 Å². The number of rotatable bonds is 5. The average molecular weight is 365 g/mol. The molecule has 2 aromatic carbocycles. The van der Waals surface area contributed by atoms with Crippen LogP contribution >= 0.6 is 11.3 Å². The molecule has 0 aliphatic carbocycles. The van der Waals surface area contributed by atoms with E-state index in [1.165, 1.54) is 34.7 Å². The van der Waals surface area contributed by atoms with Crippen molar-refractivity contribution in [2.24, 2.45) is 10.1 Å². The molecule has 0 fully saturated rings. The third-order valence-electron chi connectivity index (χ3n) is 4.06. The van der Waals surface area contributed by atoms with Crippen LogP contribution in [-0.4, -0.2) is 17.4 Å². The standard InChI is InChI=1S/C21H20FN3S/c1-4-11-23-21-25(24-13-18-7-5-6-8-19(18)22)20(14-26-21)17-10-9-15(2)16(3)12-17/h4-10,12-14H,1,11H2,2-3H3/b23-21?,24-13+. The third-order valence-corrected chi connectivity index (χ3v) is 4.92. The topological polar surface area (TPSA) is 29.6 Å². The Kier molecular flexibility index (Phi) is 5.58. The molecular formula is C21H20FN3S. The summed E-state index contributed by atoms with van der Waals surface area (Å²) in [6.07, 6.45) is 3.26. The van der Waals surface area contributed by atoms with Gasteiger partial charge >= 0.3 is 0 Å². The quantitative estimate of drug-likeness (QED) is 0.453. The fourth-order valence-electron chi connectivity index (χ4n) is 2.46. The van der Waals surface area contributed by atoms with Crippen LogP contribution in [0.25, 0.3) is 11.3 Å². The molecule has 0 aliphatic rings. The van der Waals surface area contributed by atoms with Gasteiger partial charge in [0, 0.05) is 16.5 Å². The molecule has 0 spiro atoms. The molecule has 0 radical (unpaired) electrons. The number of hydrogen-bond donors (Lipinski definition) is 0. The van der Waals surface area contributed by atoms with E-state index in [0.29, 0.717) is 12.1 Å². The van der Waals surface area contributed by atoms with E-state index in [4.69, 9.17) is 0 Å². The first-order valence-corrected chi connectivity index (χ1v) is 9.16. The highest BCUT2D eigenvalue weighted by Crippen LogP contribution is 2.23. The van der Waals surface area contributed by atoms with Crippen LogP contribution < -0.4 is 4.80 Å². The highest BCUT2D eigenvalue weighted by molar-refractivity contribution is 7.07. The van der Waals surface area contributed by atoms with Crippen molar-refractivity contribution in [2.45, 2.75) is 13.8 Å². The number of thiazole rings is 1. The van der Waals surface area contributed by atoms with E-state index < -0.39 is 0 Å². The molecule has 3 nitrogen and oxygen atoms in total. The van der Waals surface area contributed by atoms with Gasteiger partial charge in [-0.15, -0.1) is 17.9 Å². The second-order valence-corrected chi connectivity index (χ2v) is 6.75. The van der Waals surface area contributed by atoms with E-state index in [9.17, 15) is 4.39 Å². The molecule has 3 rings (SSSR count). The highest BCUT2D eigenvalue weighted by Gasteiger charge is 2.08. The summed E-state index contributed by atoms with van der Waals surface area (Å²) in [4.78, 5) is 5.24. The molecule has 26 heavy (non-hydrogen) atoms. The van der Waals surface area contributed by atoms with Gasteiger partial charge in [-0.3, -0.25) is 4.99 Å². The van der Waals surface area contributed by atoms with Gasteiger partial charge in [0.1, 0.15) is 5.82 Å². The first kappa shape index (κ1) is 18.0. The minimum absolute atomic E-state index is 0.301. The van der Waals surface area contributed by atoms with Crippen molar-refractivity contribution in [1.29, 1.82) is 0 Å². The van der Waals surface area contributed by atoms with Gasteiger partial charge in [-0.25, -0.2) is 9.07 Å². The normalized spacial score (nSPS) is 12.0. The molecule has 0 saturated heterocycles. The Balaban J connectivity index is 2.11. The Labute approximate surface area is 156 Å². The molecule has 0 saturated carbocycles. The molecule has 0 N–H and O–H groups in total.